The normalized spacial score (nSPS) is 14.9. The quantitative estimate of drug-likeness (QED) is 0.633. The third-order valence-corrected chi connectivity index (χ3v) is 5.10. The van der Waals surface area contributed by atoms with Crippen molar-refractivity contribution < 1.29 is 23.8 Å². The maximum Gasteiger partial charge on any atom is 0.249 e. The highest BCUT2D eigenvalue weighted by molar-refractivity contribution is 6.03. The van der Waals surface area contributed by atoms with Crippen LogP contribution in [0.1, 0.15) is 12.5 Å². The largest absolute Gasteiger partial charge is 0.497 e. The van der Waals surface area contributed by atoms with Crippen LogP contribution in [0.25, 0.3) is 11.1 Å². The molecule has 0 fully saturated rings. The maximum absolute atomic E-state index is 13.1. The van der Waals surface area contributed by atoms with E-state index in [9.17, 15) is 9.59 Å². The zero-order chi connectivity index (χ0) is 22.0. The number of aromatic nitrogens is 2. The van der Waals surface area contributed by atoms with Gasteiger partial charge in [0, 0.05) is 11.6 Å². The fraction of sp³-hybridized carbons (Fsp3) is 0.227. The van der Waals surface area contributed by atoms with Crippen molar-refractivity contribution >= 4 is 23.3 Å². The Morgan fingerprint density at radius 2 is 1.77 bits per heavy atom. The second-order valence-electron chi connectivity index (χ2n) is 6.90. The molecule has 2 amide bonds. The van der Waals surface area contributed by atoms with Crippen molar-refractivity contribution in [2.24, 2.45) is 0 Å². The fourth-order valence-corrected chi connectivity index (χ4v) is 3.47. The molecule has 4 rings (SSSR count). The predicted molar refractivity (Wildman–Crippen MR) is 115 cm³/mol. The lowest BCUT2D eigenvalue weighted by Crippen LogP contribution is -2.35. The number of amides is 2. The Morgan fingerprint density at radius 3 is 2.45 bits per heavy atom. The van der Waals surface area contributed by atoms with E-state index in [1.807, 2.05) is 24.3 Å². The number of nitrogens with one attached hydrogen (secondary N) is 2. The first-order chi connectivity index (χ1) is 15.0. The highest BCUT2D eigenvalue weighted by atomic mass is 16.5. The lowest BCUT2D eigenvalue weighted by Gasteiger charge is -2.25. The van der Waals surface area contributed by atoms with Crippen LogP contribution in [0.15, 0.2) is 48.7 Å². The molecule has 0 saturated carbocycles. The Labute approximate surface area is 178 Å². The number of fused-ring (bicyclic) bond motifs is 1. The molecular formula is C22H22N4O5. The molecule has 2 N–H and O–H groups in total. The van der Waals surface area contributed by atoms with Crippen molar-refractivity contribution in [3.05, 3.63) is 48.7 Å². The summed E-state index contributed by atoms with van der Waals surface area (Å²) >= 11 is 0. The lowest BCUT2D eigenvalue weighted by molar-refractivity contribution is -0.125. The molecule has 0 spiro atoms. The summed E-state index contributed by atoms with van der Waals surface area (Å²) in [4.78, 5) is 25.5. The monoisotopic (exact) mass is 422 g/mol. The van der Waals surface area contributed by atoms with Gasteiger partial charge in [-0.15, -0.1) is 0 Å². The molecule has 1 aliphatic heterocycles. The van der Waals surface area contributed by atoms with Crippen LogP contribution in [0.4, 0.5) is 11.5 Å². The third-order valence-electron chi connectivity index (χ3n) is 5.10. The second-order valence-corrected chi connectivity index (χ2v) is 6.90. The molecule has 0 saturated heterocycles. The van der Waals surface area contributed by atoms with Crippen LogP contribution in [0.3, 0.4) is 0 Å². The molecule has 0 aliphatic carbocycles. The van der Waals surface area contributed by atoms with E-state index >= 15 is 0 Å². The molecule has 0 unspecified atom stereocenters. The number of carbonyl (C=O) groups is 2. The van der Waals surface area contributed by atoms with Gasteiger partial charge in [-0.3, -0.25) is 9.59 Å². The first-order valence-corrected chi connectivity index (χ1v) is 9.58. The van der Waals surface area contributed by atoms with E-state index in [0.717, 1.165) is 16.9 Å². The summed E-state index contributed by atoms with van der Waals surface area (Å²) in [6.45, 7) is 0. The maximum atomic E-state index is 13.1. The van der Waals surface area contributed by atoms with E-state index in [4.69, 9.17) is 14.2 Å². The van der Waals surface area contributed by atoms with E-state index in [0.29, 0.717) is 23.0 Å². The SMILES string of the molecule is COc1ccc(-c2cnn3c2NC(=O)C[C@H]3C(=O)Nc2ccc(OC)cc2OC)cc1. The third kappa shape index (κ3) is 3.89. The number of carbonyl (C=O) groups excluding carboxylic acids is 2. The van der Waals surface area contributed by atoms with E-state index in [1.165, 1.54) is 11.8 Å². The molecule has 0 bridgehead atoms. The molecule has 1 aromatic heterocycles. The predicted octanol–water partition coefficient (Wildman–Crippen LogP) is 3.10. The van der Waals surface area contributed by atoms with E-state index < -0.39 is 6.04 Å². The molecule has 2 aromatic carbocycles. The highest BCUT2D eigenvalue weighted by Gasteiger charge is 2.33. The van der Waals surface area contributed by atoms with E-state index in [-0.39, 0.29) is 18.2 Å². The van der Waals surface area contributed by atoms with Crippen molar-refractivity contribution in [3.8, 4) is 28.4 Å². The number of hydrogen-bond acceptors (Lipinski definition) is 6. The van der Waals surface area contributed by atoms with Gasteiger partial charge >= 0.3 is 0 Å². The summed E-state index contributed by atoms with van der Waals surface area (Å²) in [5.74, 6) is 1.62. The van der Waals surface area contributed by atoms with Crippen molar-refractivity contribution in [1.82, 2.24) is 9.78 Å². The summed E-state index contributed by atoms with van der Waals surface area (Å²) < 4.78 is 17.3. The van der Waals surface area contributed by atoms with Gasteiger partial charge in [0.25, 0.3) is 0 Å². The van der Waals surface area contributed by atoms with Crippen molar-refractivity contribution in [3.63, 3.8) is 0 Å². The summed E-state index contributed by atoms with van der Waals surface area (Å²) in [5.41, 5.74) is 2.04. The van der Waals surface area contributed by atoms with Crippen LogP contribution in [0, 0.1) is 0 Å². The number of methoxy groups -OCH3 is 3. The second kappa shape index (κ2) is 8.39. The van der Waals surface area contributed by atoms with Gasteiger partial charge in [0.2, 0.25) is 11.8 Å². The number of benzene rings is 2. The molecular weight excluding hydrogens is 400 g/mol. The van der Waals surface area contributed by atoms with Gasteiger partial charge in [0.1, 0.15) is 29.1 Å². The number of rotatable bonds is 6. The van der Waals surface area contributed by atoms with Crippen LogP contribution in [0.2, 0.25) is 0 Å². The summed E-state index contributed by atoms with van der Waals surface area (Å²) in [6, 6.07) is 11.7. The molecule has 0 radical (unpaired) electrons. The van der Waals surface area contributed by atoms with Crippen LogP contribution >= 0.6 is 0 Å². The summed E-state index contributed by atoms with van der Waals surface area (Å²) in [6.07, 6.45) is 1.61. The van der Waals surface area contributed by atoms with Gasteiger partial charge in [-0.1, -0.05) is 12.1 Å². The van der Waals surface area contributed by atoms with Gasteiger partial charge in [-0.2, -0.15) is 5.10 Å². The van der Waals surface area contributed by atoms with Gasteiger partial charge in [0.05, 0.1) is 39.6 Å². The molecule has 1 aliphatic rings. The standard InChI is InChI=1S/C22H22N4O5/c1-29-14-6-4-13(5-7-14)16-12-23-26-18(11-20(27)25-21(16)26)22(28)24-17-9-8-15(30-2)10-19(17)31-3/h4-10,12,18H,11H2,1-3H3,(H,24,28)(H,25,27)/t18-/m0/s1. The minimum Gasteiger partial charge on any atom is -0.497 e. The van der Waals surface area contributed by atoms with Crippen molar-refractivity contribution in [2.45, 2.75) is 12.5 Å². The van der Waals surface area contributed by atoms with Gasteiger partial charge in [0.15, 0.2) is 0 Å². The van der Waals surface area contributed by atoms with Crippen molar-refractivity contribution in [1.29, 1.82) is 0 Å². The van der Waals surface area contributed by atoms with Gasteiger partial charge in [-0.05, 0) is 29.8 Å². The number of nitrogens with zero attached hydrogens (tertiary/aromatic N) is 2. The molecule has 31 heavy (non-hydrogen) atoms. The van der Waals surface area contributed by atoms with E-state index in [1.54, 1.807) is 38.6 Å². The Bertz CT molecular complexity index is 1120. The Kier molecular flexibility index (Phi) is 5.48. The zero-order valence-corrected chi connectivity index (χ0v) is 17.3. The summed E-state index contributed by atoms with van der Waals surface area (Å²) in [7, 11) is 4.65. The zero-order valence-electron chi connectivity index (χ0n) is 17.3. The topological polar surface area (TPSA) is 104 Å². The van der Waals surface area contributed by atoms with Gasteiger partial charge < -0.3 is 24.8 Å². The average molecular weight is 422 g/mol. The number of ether oxygens (including phenoxy) is 3. The Balaban J connectivity index is 1.63. The molecule has 1 atom stereocenters. The smallest absolute Gasteiger partial charge is 0.249 e. The Hall–Kier alpha value is -4.01. The molecule has 3 aromatic rings. The molecule has 9 heteroatoms. The van der Waals surface area contributed by atoms with Crippen LogP contribution in [-0.4, -0.2) is 42.9 Å². The minimum atomic E-state index is -0.803. The van der Waals surface area contributed by atoms with Crippen LogP contribution in [0.5, 0.6) is 17.2 Å². The molecule has 160 valence electrons. The Morgan fingerprint density at radius 1 is 1.06 bits per heavy atom. The molecule has 2 heterocycles. The van der Waals surface area contributed by atoms with E-state index in [2.05, 4.69) is 15.7 Å². The lowest BCUT2D eigenvalue weighted by atomic mass is 10.1. The number of hydrogen-bond donors (Lipinski definition) is 2. The van der Waals surface area contributed by atoms with Crippen LogP contribution in [-0.2, 0) is 9.59 Å². The summed E-state index contributed by atoms with van der Waals surface area (Å²) in [5, 5.41) is 10.0. The number of anilines is 2. The average Bonchev–Trinajstić information content (AvgIpc) is 3.22. The first kappa shape index (κ1) is 20.3. The minimum absolute atomic E-state index is 0.0267. The van der Waals surface area contributed by atoms with Crippen LogP contribution < -0.4 is 24.8 Å². The molecule has 9 nitrogen and oxygen atoms in total. The van der Waals surface area contributed by atoms with Gasteiger partial charge in [-0.25, -0.2) is 4.68 Å². The van der Waals surface area contributed by atoms with Crippen molar-refractivity contribution in [2.75, 3.05) is 32.0 Å². The highest BCUT2D eigenvalue weighted by Crippen LogP contribution is 2.36. The first-order valence-electron chi connectivity index (χ1n) is 9.58. The fourth-order valence-electron chi connectivity index (χ4n) is 3.47.